The minimum Gasteiger partial charge on any atom is -0.279 e. The van der Waals surface area contributed by atoms with Gasteiger partial charge in [-0.3, -0.25) is 13.9 Å². The Morgan fingerprint density at radius 1 is 1.17 bits per heavy atom. The summed E-state index contributed by atoms with van der Waals surface area (Å²) in [6, 6.07) is 10.5. The van der Waals surface area contributed by atoms with Crippen LogP contribution in [0.2, 0.25) is 0 Å². The molecule has 0 bridgehead atoms. The van der Waals surface area contributed by atoms with E-state index in [4.69, 9.17) is 0 Å². The van der Waals surface area contributed by atoms with Gasteiger partial charge >= 0.3 is 0 Å². The summed E-state index contributed by atoms with van der Waals surface area (Å²) in [4.78, 5) is 18.9. The molecule has 4 rings (SSSR count). The molecule has 3 aromatic heterocycles. The maximum absolute atomic E-state index is 12.8. The lowest BCUT2D eigenvalue weighted by molar-refractivity contribution is 0.603. The van der Waals surface area contributed by atoms with E-state index in [1.165, 1.54) is 22.7 Å². The van der Waals surface area contributed by atoms with E-state index in [0.717, 1.165) is 16.9 Å². The molecule has 4 aromatic rings. The zero-order chi connectivity index (χ0) is 20.8. The van der Waals surface area contributed by atoms with Crippen LogP contribution >= 0.6 is 22.7 Å². The highest BCUT2D eigenvalue weighted by Gasteiger charge is 2.18. The van der Waals surface area contributed by atoms with Crippen LogP contribution in [0, 0.1) is 13.8 Å². The van der Waals surface area contributed by atoms with Gasteiger partial charge in [-0.15, -0.1) is 22.7 Å². The first kappa shape index (κ1) is 19.8. The van der Waals surface area contributed by atoms with Crippen molar-refractivity contribution in [1.29, 1.82) is 0 Å². The predicted molar refractivity (Wildman–Crippen MR) is 119 cm³/mol. The molecule has 9 heteroatoms. The molecule has 29 heavy (non-hydrogen) atoms. The van der Waals surface area contributed by atoms with Gasteiger partial charge in [-0.05, 0) is 44.5 Å². The highest BCUT2D eigenvalue weighted by atomic mass is 32.2. The molecule has 0 saturated carbocycles. The van der Waals surface area contributed by atoms with E-state index in [2.05, 4.69) is 9.71 Å². The maximum Gasteiger partial charge on any atom is 0.271 e. The molecule has 0 unspecified atom stereocenters. The Morgan fingerprint density at radius 3 is 2.69 bits per heavy atom. The molecule has 1 aromatic carbocycles. The van der Waals surface area contributed by atoms with Crippen molar-refractivity contribution in [2.45, 2.75) is 31.4 Å². The molecule has 0 saturated heterocycles. The van der Waals surface area contributed by atoms with Crippen molar-refractivity contribution in [2.75, 3.05) is 4.72 Å². The second kappa shape index (κ2) is 7.40. The largest absolute Gasteiger partial charge is 0.279 e. The van der Waals surface area contributed by atoms with Gasteiger partial charge < -0.3 is 0 Å². The Morgan fingerprint density at radius 2 is 1.97 bits per heavy atom. The summed E-state index contributed by atoms with van der Waals surface area (Å²) >= 11 is 2.65. The fraction of sp³-hybridized carbons (Fsp3) is 0.200. The normalized spacial score (nSPS) is 11.8. The number of aryl methyl sites for hydroxylation is 2. The monoisotopic (exact) mass is 445 g/mol. The van der Waals surface area contributed by atoms with E-state index in [1.807, 2.05) is 31.4 Å². The average molecular weight is 446 g/mol. The first-order valence-corrected chi connectivity index (χ1v) is 12.2. The summed E-state index contributed by atoms with van der Waals surface area (Å²) in [6.07, 6.45) is 0.794. The van der Waals surface area contributed by atoms with Gasteiger partial charge in [0.15, 0.2) is 4.96 Å². The number of thiazole rings is 1. The van der Waals surface area contributed by atoms with Crippen LogP contribution < -0.4 is 10.3 Å². The van der Waals surface area contributed by atoms with E-state index >= 15 is 0 Å². The van der Waals surface area contributed by atoms with Gasteiger partial charge in [-0.2, -0.15) is 0 Å². The van der Waals surface area contributed by atoms with Crippen molar-refractivity contribution in [3.8, 4) is 11.3 Å². The van der Waals surface area contributed by atoms with Gasteiger partial charge in [0.25, 0.3) is 15.6 Å². The van der Waals surface area contributed by atoms with Crippen LogP contribution in [0.3, 0.4) is 0 Å². The van der Waals surface area contributed by atoms with Gasteiger partial charge in [0, 0.05) is 32.8 Å². The number of benzene rings is 1. The molecule has 0 radical (unpaired) electrons. The molecule has 0 atom stereocenters. The Balaban J connectivity index is 1.74. The topological polar surface area (TPSA) is 80.5 Å². The maximum atomic E-state index is 12.8. The van der Waals surface area contributed by atoms with Gasteiger partial charge in [-0.1, -0.05) is 19.1 Å². The first-order valence-electron chi connectivity index (χ1n) is 8.99. The van der Waals surface area contributed by atoms with Crippen molar-refractivity contribution in [3.05, 3.63) is 68.3 Å². The van der Waals surface area contributed by atoms with Gasteiger partial charge in [0.2, 0.25) is 0 Å². The number of hydrogen-bond donors (Lipinski definition) is 1. The highest BCUT2D eigenvalue weighted by Crippen LogP contribution is 2.29. The van der Waals surface area contributed by atoms with Gasteiger partial charge in [0.05, 0.1) is 5.69 Å². The summed E-state index contributed by atoms with van der Waals surface area (Å²) in [5.41, 5.74) is 3.08. The molecule has 0 aliphatic rings. The standard InChI is InChI=1S/C20H19N3O3S3/c1-4-16-8-9-18(28-16)29(25,26)22-15-7-5-6-14(10-15)17-11-27-20-21-13(3)12(2)19(24)23(17)20/h5-11,22H,4H2,1-3H3. The minimum absolute atomic E-state index is 0.111. The molecule has 3 heterocycles. The molecule has 0 aliphatic carbocycles. The molecule has 0 spiro atoms. The third-order valence-electron chi connectivity index (χ3n) is 4.70. The van der Waals surface area contributed by atoms with Crippen LogP contribution in [-0.2, 0) is 16.4 Å². The van der Waals surface area contributed by atoms with Crippen LogP contribution in [0.5, 0.6) is 0 Å². The summed E-state index contributed by atoms with van der Waals surface area (Å²) in [5.74, 6) is 0. The van der Waals surface area contributed by atoms with E-state index in [-0.39, 0.29) is 9.77 Å². The number of aromatic nitrogens is 2. The SMILES string of the molecule is CCc1ccc(S(=O)(=O)Nc2cccc(-c3csc4nc(C)c(C)c(=O)n34)c2)s1. The smallest absolute Gasteiger partial charge is 0.271 e. The second-order valence-corrected chi connectivity index (χ2v) is 10.5. The molecule has 6 nitrogen and oxygen atoms in total. The lowest BCUT2D eigenvalue weighted by Gasteiger charge is -2.09. The Kier molecular flexibility index (Phi) is 5.05. The van der Waals surface area contributed by atoms with Crippen LogP contribution in [0.25, 0.3) is 16.2 Å². The number of thiophene rings is 1. The van der Waals surface area contributed by atoms with Gasteiger partial charge in [-0.25, -0.2) is 13.4 Å². The van der Waals surface area contributed by atoms with Crippen molar-refractivity contribution in [3.63, 3.8) is 0 Å². The molecule has 0 amide bonds. The molecular weight excluding hydrogens is 426 g/mol. The number of nitrogens with one attached hydrogen (secondary N) is 1. The Bertz CT molecular complexity index is 1380. The summed E-state index contributed by atoms with van der Waals surface area (Å²) in [7, 11) is -3.66. The lowest BCUT2D eigenvalue weighted by Crippen LogP contribution is -2.18. The Labute approximate surface area is 176 Å². The summed E-state index contributed by atoms with van der Waals surface area (Å²) in [6.45, 7) is 5.57. The van der Waals surface area contributed by atoms with Crippen molar-refractivity contribution >= 4 is 43.3 Å². The zero-order valence-corrected chi connectivity index (χ0v) is 18.5. The highest BCUT2D eigenvalue weighted by molar-refractivity contribution is 7.94. The van der Waals surface area contributed by atoms with Crippen molar-refractivity contribution in [1.82, 2.24) is 9.38 Å². The minimum atomic E-state index is -3.66. The number of nitrogens with zero attached hydrogens (tertiary/aromatic N) is 2. The molecule has 0 aliphatic heterocycles. The molecular formula is C20H19N3O3S3. The molecule has 150 valence electrons. The summed E-state index contributed by atoms with van der Waals surface area (Å²) in [5, 5.41) is 1.86. The van der Waals surface area contributed by atoms with E-state index in [1.54, 1.807) is 35.6 Å². The number of rotatable bonds is 5. The van der Waals surface area contributed by atoms with Gasteiger partial charge in [0.1, 0.15) is 4.21 Å². The van der Waals surface area contributed by atoms with Crippen LogP contribution in [0.15, 0.2) is 50.8 Å². The fourth-order valence-corrected chi connectivity index (χ4v) is 6.26. The van der Waals surface area contributed by atoms with Crippen LogP contribution in [0.4, 0.5) is 5.69 Å². The number of anilines is 1. The number of fused-ring (bicyclic) bond motifs is 1. The second-order valence-electron chi connectivity index (χ2n) is 6.63. The number of sulfonamides is 1. The third-order valence-corrected chi connectivity index (χ3v) is 8.63. The first-order chi connectivity index (χ1) is 13.8. The molecule has 0 fully saturated rings. The zero-order valence-electron chi connectivity index (χ0n) is 16.1. The predicted octanol–water partition coefficient (Wildman–Crippen LogP) is 4.46. The van der Waals surface area contributed by atoms with E-state index < -0.39 is 10.0 Å². The fourth-order valence-electron chi connectivity index (χ4n) is 2.98. The molecule has 1 N–H and O–H groups in total. The number of hydrogen-bond acceptors (Lipinski definition) is 6. The van der Waals surface area contributed by atoms with E-state index in [9.17, 15) is 13.2 Å². The van der Waals surface area contributed by atoms with Crippen molar-refractivity contribution < 1.29 is 8.42 Å². The lowest BCUT2D eigenvalue weighted by atomic mass is 10.1. The summed E-state index contributed by atoms with van der Waals surface area (Å²) < 4.78 is 29.9. The quantitative estimate of drug-likeness (QED) is 0.492. The third kappa shape index (κ3) is 3.61. The average Bonchev–Trinajstić information content (AvgIpc) is 3.33. The van der Waals surface area contributed by atoms with Crippen LogP contribution in [0.1, 0.15) is 23.1 Å². The van der Waals surface area contributed by atoms with Crippen LogP contribution in [-0.4, -0.2) is 17.8 Å². The van der Waals surface area contributed by atoms with E-state index in [0.29, 0.717) is 27.6 Å². The van der Waals surface area contributed by atoms with Crippen molar-refractivity contribution in [2.24, 2.45) is 0 Å². The Hall–Kier alpha value is -2.49.